The maximum Gasteiger partial charge on any atom is 0.322 e. The summed E-state index contributed by atoms with van der Waals surface area (Å²) >= 11 is 0.719. The van der Waals surface area contributed by atoms with E-state index in [-0.39, 0.29) is 11.3 Å². The number of carbonyl (C=O) groups is 3. The highest BCUT2D eigenvalue weighted by atomic mass is 32.2. The number of hydrogen-bond acceptors (Lipinski definition) is 12. The fourth-order valence-corrected chi connectivity index (χ4v) is 7.24. The smallest absolute Gasteiger partial charge is 0.322 e. The van der Waals surface area contributed by atoms with Crippen LogP contribution in [0.15, 0.2) is 18.3 Å². The molecule has 1 aromatic heterocycles. The second-order valence-corrected chi connectivity index (χ2v) is 14.2. The number of nitrogens with zero attached hydrogens (tertiary/aromatic N) is 3. The lowest BCUT2D eigenvalue weighted by molar-refractivity contribution is -0.208. The standard InChI is InChI=1S/C31H38F5N3O9S/c1-15(40)45-14-21-24(46-16(2)41)23(39-13-20(37-38-39)17-11-18(32)22(34)19(33)12-17)25(44-6)28(47-21)49-26(27(42)48-29(3,4)5)30(43)7-9-31(35,36)10-8-30/h11-13,21,23-26,28,43H,7-10,14H2,1-6H3/t21-,23+,24+,25-,26?,28+/m1/s1. The van der Waals surface area contributed by atoms with Crippen LogP contribution in [0.3, 0.4) is 0 Å². The number of aromatic nitrogens is 3. The summed E-state index contributed by atoms with van der Waals surface area (Å²) in [4.78, 5) is 37.8. The van der Waals surface area contributed by atoms with Gasteiger partial charge in [-0.3, -0.25) is 14.4 Å². The molecule has 49 heavy (non-hydrogen) atoms. The lowest BCUT2D eigenvalue weighted by atomic mass is 9.80. The van der Waals surface area contributed by atoms with Crippen LogP contribution in [0.1, 0.15) is 66.3 Å². The number of aliphatic hydroxyl groups is 1. The molecule has 2 aromatic rings. The zero-order chi connectivity index (χ0) is 36.5. The molecule has 2 heterocycles. The van der Waals surface area contributed by atoms with E-state index in [1.165, 1.54) is 13.3 Å². The van der Waals surface area contributed by atoms with E-state index >= 15 is 0 Å². The number of methoxy groups -OCH3 is 1. The van der Waals surface area contributed by atoms with Crippen LogP contribution in [0.25, 0.3) is 11.3 Å². The van der Waals surface area contributed by atoms with Gasteiger partial charge in [-0.1, -0.05) is 5.21 Å². The monoisotopic (exact) mass is 723 g/mol. The maximum atomic E-state index is 14.2. The molecule has 1 aromatic carbocycles. The van der Waals surface area contributed by atoms with E-state index in [1.54, 1.807) is 20.8 Å². The number of benzene rings is 1. The molecule has 4 rings (SSSR count). The highest BCUT2D eigenvalue weighted by molar-refractivity contribution is 8.01. The van der Waals surface area contributed by atoms with E-state index in [4.69, 9.17) is 23.7 Å². The molecule has 1 saturated heterocycles. The van der Waals surface area contributed by atoms with Crippen molar-refractivity contribution in [3.05, 3.63) is 35.8 Å². The molecule has 0 bridgehead atoms. The third-order valence-corrected chi connectivity index (χ3v) is 9.51. The third-order valence-electron chi connectivity index (χ3n) is 7.96. The van der Waals surface area contributed by atoms with Crippen LogP contribution in [0, 0.1) is 17.5 Å². The van der Waals surface area contributed by atoms with E-state index < -0.39 is 120 Å². The number of halogens is 5. The number of alkyl halides is 2. The summed E-state index contributed by atoms with van der Waals surface area (Å²) in [5, 5.41) is 18.2. The number of rotatable bonds is 10. The first-order valence-electron chi connectivity index (χ1n) is 15.3. The van der Waals surface area contributed by atoms with Crippen LogP contribution in [0.2, 0.25) is 0 Å². The largest absolute Gasteiger partial charge is 0.463 e. The molecule has 272 valence electrons. The Morgan fingerprint density at radius 1 is 1.06 bits per heavy atom. The molecule has 2 aliphatic rings. The SMILES string of the molecule is CO[C@@H]1[C@@H](n2cc(-c3cc(F)c(F)c(F)c3)nn2)[C@@H](OC(C)=O)[C@@H](COC(C)=O)O[C@H]1SC(C(=O)OC(C)(C)C)C1(O)CCC(F)(F)CC1. The number of hydrogen-bond donors (Lipinski definition) is 1. The first-order chi connectivity index (χ1) is 22.7. The van der Waals surface area contributed by atoms with Crippen molar-refractivity contribution in [3.63, 3.8) is 0 Å². The van der Waals surface area contributed by atoms with Crippen LogP contribution in [0.4, 0.5) is 22.0 Å². The lowest BCUT2D eigenvalue weighted by Gasteiger charge is -2.47. The second kappa shape index (κ2) is 14.9. The minimum absolute atomic E-state index is 0.120. The summed E-state index contributed by atoms with van der Waals surface area (Å²) in [7, 11) is 1.26. The van der Waals surface area contributed by atoms with Gasteiger partial charge in [0, 0.05) is 39.4 Å². The molecule has 6 atom stereocenters. The van der Waals surface area contributed by atoms with Crippen molar-refractivity contribution in [2.45, 2.75) is 112 Å². The normalized spacial score (nSPS) is 25.7. The number of thioether (sulfide) groups is 1. The van der Waals surface area contributed by atoms with Gasteiger partial charge in [0.25, 0.3) is 0 Å². The highest BCUT2D eigenvalue weighted by Gasteiger charge is 2.56. The lowest BCUT2D eigenvalue weighted by Crippen LogP contribution is -2.59. The molecule has 1 unspecified atom stereocenters. The van der Waals surface area contributed by atoms with Crippen molar-refractivity contribution >= 4 is 29.7 Å². The Hall–Kier alpha value is -3.35. The van der Waals surface area contributed by atoms with Crippen molar-refractivity contribution in [2.75, 3.05) is 13.7 Å². The summed E-state index contributed by atoms with van der Waals surface area (Å²) < 4.78 is 99.8. The summed E-state index contributed by atoms with van der Waals surface area (Å²) in [5.74, 6) is -10.1. The van der Waals surface area contributed by atoms with E-state index in [9.17, 15) is 41.4 Å². The number of carbonyl (C=O) groups excluding carboxylic acids is 3. The third kappa shape index (κ3) is 9.26. The fourth-order valence-electron chi connectivity index (χ4n) is 5.69. The van der Waals surface area contributed by atoms with Crippen LogP contribution in [-0.2, 0) is 38.1 Å². The van der Waals surface area contributed by atoms with Crippen molar-refractivity contribution < 1.29 is 65.1 Å². The van der Waals surface area contributed by atoms with Crippen molar-refractivity contribution in [3.8, 4) is 11.3 Å². The molecule has 1 N–H and O–H groups in total. The zero-order valence-corrected chi connectivity index (χ0v) is 28.4. The molecule has 1 saturated carbocycles. The van der Waals surface area contributed by atoms with Gasteiger partial charge in [0.1, 0.15) is 46.8 Å². The average Bonchev–Trinajstić information content (AvgIpc) is 3.48. The van der Waals surface area contributed by atoms with E-state index in [2.05, 4.69) is 10.3 Å². The fraction of sp³-hybridized carbons (Fsp3) is 0.645. The summed E-state index contributed by atoms with van der Waals surface area (Å²) in [6.07, 6.45) is -4.88. The first kappa shape index (κ1) is 38.5. The Morgan fingerprint density at radius 2 is 1.67 bits per heavy atom. The molecule has 1 aliphatic carbocycles. The van der Waals surface area contributed by atoms with Gasteiger partial charge in [-0.05, 0) is 45.7 Å². The van der Waals surface area contributed by atoms with Gasteiger partial charge < -0.3 is 28.8 Å². The van der Waals surface area contributed by atoms with Crippen LogP contribution in [-0.4, -0.2) is 97.8 Å². The Balaban J connectivity index is 1.80. The Labute approximate surface area is 282 Å². The number of esters is 3. The molecule has 2 fully saturated rings. The van der Waals surface area contributed by atoms with Crippen molar-refractivity contribution in [2.24, 2.45) is 0 Å². The van der Waals surface area contributed by atoms with Gasteiger partial charge in [-0.2, -0.15) is 0 Å². The summed E-state index contributed by atoms with van der Waals surface area (Å²) in [6, 6.07) is 0.202. The van der Waals surface area contributed by atoms with Gasteiger partial charge in [0.15, 0.2) is 23.6 Å². The first-order valence-corrected chi connectivity index (χ1v) is 16.2. The van der Waals surface area contributed by atoms with E-state index in [1.807, 2.05) is 0 Å². The van der Waals surface area contributed by atoms with Crippen molar-refractivity contribution in [1.29, 1.82) is 0 Å². The van der Waals surface area contributed by atoms with Crippen molar-refractivity contribution in [1.82, 2.24) is 15.0 Å². The Kier molecular flexibility index (Phi) is 11.7. The topological polar surface area (TPSA) is 148 Å². The molecule has 0 spiro atoms. The second-order valence-electron chi connectivity index (χ2n) is 13.0. The predicted molar refractivity (Wildman–Crippen MR) is 162 cm³/mol. The quantitative estimate of drug-likeness (QED) is 0.159. The van der Waals surface area contributed by atoms with Gasteiger partial charge in [0.05, 0.1) is 11.8 Å². The predicted octanol–water partition coefficient (Wildman–Crippen LogP) is 4.52. The zero-order valence-electron chi connectivity index (χ0n) is 27.6. The van der Waals surface area contributed by atoms with Gasteiger partial charge in [0.2, 0.25) is 5.92 Å². The van der Waals surface area contributed by atoms with E-state index in [0.717, 1.165) is 30.3 Å². The minimum Gasteiger partial charge on any atom is -0.463 e. The molecule has 18 heteroatoms. The molecule has 0 radical (unpaired) electrons. The molecular formula is C31H38F5N3O9S. The molecule has 0 amide bonds. The maximum absolute atomic E-state index is 14.2. The van der Waals surface area contributed by atoms with Crippen LogP contribution in [0.5, 0.6) is 0 Å². The van der Waals surface area contributed by atoms with Crippen LogP contribution >= 0.6 is 11.8 Å². The van der Waals surface area contributed by atoms with Gasteiger partial charge in [-0.25, -0.2) is 26.6 Å². The Bertz CT molecular complexity index is 1510. The summed E-state index contributed by atoms with van der Waals surface area (Å²) in [6.45, 7) is 6.53. The Morgan fingerprint density at radius 3 is 2.20 bits per heavy atom. The van der Waals surface area contributed by atoms with E-state index in [0.29, 0.717) is 12.1 Å². The number of ether oxygens (including phenoxy) is 5. The molecule has 12 nitrogen and oxygen atoms in total. The molecule has 1 aliphatic heterocycles. The van der Waals surface area contributed by atoms with Crippen LogP contribution < -0.4 is 0 Å². The van der Waals surface area contributed by atoms with Gasteiger partial charge in [-0.15, -0.1) is 16.9 Å². The molecular weight excluding hydrogens is 685 g/mol. The minimum atomic E-state index is -3.05. The highest BCUT2D eigenvalue weighted by Crippen LogP contribution is 2.47. The summed E-state index contributed by atoms with van der Waals surface area (Å²) in [5.41, 5.74) is -4.58. The van der Waals surface area contributed by atoms with Gasteiger partial charge >= 0.3 is 17.9 Å². The average molecular weight is 724 g/mol.